The number of hydrogen-bond acceptors (Lipinski definition) is 3. The van der Waals surface area contributed by atoms with Crippen LogP contribution in [-0.2, 0) is 4.79 Å². The first-order valence-electron chi connectivity index (χ1n) is 5.06. The number of carboxylic acid groups (broad SMARTS) is 1. The molecule has 0 aromatic heterocycles. The van der Waals surface area contributed by atoms with Gasteiger partial charge in [-0.2, -0.15) is 0 Å². The monoisotopic (exact) mass is 275 g/mol. The van der Waals surface area contributed by atoms with Crippen molar-refractivity contribution >= 4 is 23.5 Å². The predicted octanol–water partition coefficient (Wildman–Crippen LogP) is 1.04. The fraction of sp³-hybridized carbons (Fsp3) is 0.273. The molecule has 5 nitrogen and oxygen atoms in total. The smallest absolute Gasteiger partial charge is 0.332 e. The number of halogens is 2. The summed E-state index contributed by atoms with van der Waals surface area (Å²) in [5.74, 6) is -2.93. The summed E-state index contributed by atoms with van der Waals surface area (Å²) in [5, 5.41) is 19.5. The van der Waals surface area contributed by atoms with Crippen molar-refractivity contribution in [1.29, 1.82) is 0 Å². The lowest BCUT2D eigenvalue weighted by Gasteiger charge is -2.08. The van der Waals surface area contributed by atoms with E-state index in [4.69, 9.17) is 21.8 Å². The topological polar surface area (TPSA) is 86.6 Å². The number of aliphatic hydroxyl groups excluding tert-OH is 1. The van der Waals surface area contributed by atoms with E-state index in [-0.39, 0.29) is 23.6 Å². The summed E-state index contributed by atoms with van der Waals surface area (Å²) in [7, 11) is 0. The lowest BCUT2D eigenvalue weighted by atomic mass is 10.2. The molecule has 0 aliphatic heterocycles. The van der Waals surface area contributed by atoms with Crippen LogP contribution in [0, 0.1) is 5.82 Å². The molecule has 1 aromatic carbocycles. The van der Waals surface area contributed by atoms with Gasteiger partial charge in [-0.25, -0.2) is 9.18 Å². The van der Waals surface area contributed by atoms with E-state index in [0.29, 0.717) is 0 Å². The molecule has 1 aromatic rings. The molecule has 0 bridgehead atoms. The molecule has 0 saturated heterocycles. The van der Waals surface area contributed by atoms with Crippen LogP contribution in [0.4, 0.5) is 4.39 Å². The molecule has 0 fully saturated rings. The first-order valence-corrected chi connectivity index (χ1v) is 5.44. The van der Waals surface area contributed by atoms with E-state index < -0.39 is 23.8 Å². The Morgan fingerprint density at radius 1 is 1.44 bits per heavy atom. The highest BCUT2D eigenvalue weighted by atomic mass is 35.5. The largest absolute Gasteiger partial charge is 0.479 e. The van der Waals surface area contributed by atoms with Gasteiger partial charge in [-0.1, -0.05) is 17.7 Å². The van der Waals surface area contributed by atoms with E-state index >= 15 is 0 Å². The molecular weight excluding hydrogens is 265 g/mol. The summed E-state index contributed by atoms with van der Waals surface area (Å²) in [4.78, 5) is 21.8. The van der Waals surface area contributed by atoms with Crippen LogP contribution < -0.4 is 5.32 Å². The molecule has 0 radical (unpaired) electrons. The van der Waals surface area contributed by atoms with E-state index in [2.05, 4.69) is 5.32 Å². The van der Waals surface area contributed by atoms with E-state index in [1.165, 1.54) is 18.2 Å². The van der Waals surface area contributed by atoms with Crippen LogP contribution in [0.15, 0.2) is 18.2 Å². The summed E-state index contributed by atoms with van der Waals surface area (Å²) < 4.78 is 13.4. The Bertz CT molecular complexity index is 466. The van der Waals surface area contributed by atoms with Crippen LogP contribution in [0.5, 0.6) is 0 Å². The second-order valence-electron chi connectivity index (χ2n) is 3.50. The van der Waals surface area contributed by atoms with Gasteiger partial charge in [0.2, 0.25) is 0 Å². The first kappa shape index (κ1) is 14.4. The number of carbonyl (C=O) groups excluding carboxylic acids is 1. The van der Waals surface area contributed by atoms with E-state index in [9.17, 15) is 14.0 Å². The Morgan fingerprint density at radius 2 is 2.11 bits per heavy atom. The van der Waals surface area contributed by atoms with E-state index in [0.717, 1.165) is 0 Å². The second-order valence-corrected chi connectivity index (χ2v) is 3.91. The van der Waals surface area contributed by atoms with Crippen LogP contribution in [0.2, 0.25) is 5.02 Å². The highest BCUT2D eigenvalue weighted by Gasteiger charge is 2.16. The lowest BCUT2D eigenvalue weighted by molar-refractivity contribution is -0.146. The number of carboxylic acids is 1. The van der Waals surface area contributed by atoms with Crippen molar-refractivity contribution in [3.05, 3.63) is 34.6 Å². The lowest BCUT2D eigenvalue weighted by Crippen LogP contribution is -2.30. The molecule has 0 spiro atoms. The average molecular weight is 276 g/mol. The van der Waals surface area contributed by atoms with Gasteiger partial charge in [-0.15, -0.1) is 0 Å². The fourth-order valence-corrected chi connectivity index (χ4v) is 1.39. The van der Waals surface area contributed by atoms with Crippen LogP contribution >= 0.6 is 11.6 Å². The number of carbonyl (C=O) groups is 2. The van der Waals surface area contributed by atoms with Crippen LogP contribution in [-0.4, -0.2) is 34.7 Å². The SMILES string of the molecule is O=C(NCCC(O)C(=O)O)c1cccc(Cl)c1F. The number of rotatable bonds is 5. The molecule has 0 heterocycles. The third-order valence-electron chi connectivity index (χ3n) is 2.18. The van der Waals surface area contributed by atoms with Crippen molar-refractivity contribution < 1.29 is 24.2 Å². The minimum absolute atomic E-state index is 0.0851. The van der Waals surface area contributed by atoms with Gasteiger partial charge >= 0.3 is 5.97 Å². The highest BCUT2D eigenvalue weighted by Crippen LogP contribution is 2.17. The molecule has 0 aliphatic rings. The summed E-state index contributed by atoms with van der Waals surface area (Å²) in [5.41, 5.74) is -0.229. The summed E-state index contributed by atoms with van der Waals surface area (Å²) in [6, 6.07) is 3.98. The maximum absolute atomic E-state index is 13.4. The molecule has 1 rings (SSSR count). The molecule has 3 N–H and O–H groups in total. The summed E-state index contributed by atoms with van der Waals surface area (Å²) >= 11 is 5.51. The maximum Gasteiger partial charge on any atom is 0.332 e. The Balaban J connectivity index is 2.56. The number of nitrogens with one attached hydrogen (secondary N) is 1. The number of aliphatic hydroxyl groups is 1. The average Bonchev–Trinajstić information content (AvgIpc) is 2.32. The van der Waals surface area contributed by atoms with Gasteiger partial charge in [0.15, 0.2) is 11.9 Å². The molecule has 7 heteroatoms. The van der Waals surface area contributed by atoms with Gasteiger partial charge in [0.1, 0.15) is 0 Å². The van der Waals surface area contributed by atoms with Crippen LogP contribution in [0.1, 0.15) is 16.8 Å². The zero-order valence-corrected chi connectivity index (χ0v) is 9.95. The van der Waals surface area contributed by atoms with Crippen molar-refractivity contribution in [3.63, 3.8) is 0 Å². The Kier molecular flexibility index (Phi) is 5.06. The van der Waals surface area contributed by atoms with Crippen molar-refractivity contribution in [3.8, 4) is 0 Å². The van der Waals surface area contributed by atoms with Crippen LogP contribution in [0.25, 0.3) is 0 Å². The molecule has 18 heavy (non-hydrogen) atoms. The second kappa shape index (κ2) is 6.32. The van der Waals surface area contributed by atoms with Gasteiger partial charge in [0.05, 0.1) is 10.6 Å². The quantitative estimate of drug-likeness (QED) is 0.749. The molecule has 0 saturated carbocycles. The minimum atomic E-state index is -1.56. The fourth-order valence-electron chi connectivity index (χ4n) is 1.22. The molecule has 1 atom stereocenters. The summed E-state index contributed by atoms with van der Waals surface area (Å²) in [6.45, 7) is -0.0851. The standard InChI is InChI=1S/C11H11ClFNO4/c12-7-3-1-2-6(9(7)13)10(16)14-5-4-8(15)11(17)18/h1-3,8,15H,4-5H2,(H,14,16)(H,17,18). The van der Waals surface area contributed by atoms with Crippen LogP contribution in [0.3, 0.4) is 0 Å². The van der Waals surface area contributed by atoms with Gasteiger partial charge in [0.25, 0.3) is 5.91 Å². The van der Waals surface area contributed by atoms with Gasteiger partial charge in [-0.3, -0.25) is 4.79 Å². The van der Waals surface area contributed by atoms with E-state index in [1.54, 1.807) is 0 Å². The Hall–Kier alpha value is -1.66. The van der Waals surface area contributed by atoms with Gasteiger partial charge < -0.3 is 15.5 Å². The maximum atomic E-state index is 13.4. The summed E-state index contributed by atoms with van der Waals surface area (Å²) in [6.07, 6.45) is -1.72. The highest BCUT2D eigenvalue weighted by molar-refractivity contribution is 6.31. The predicted molar refractivity (Wildman–Crippen MR) is 62.0 cm³/mol. The van der Waals surface area contributed by atoms with Crippen molar-refractivity contribution in [2.75, 3.05) is 6.54 Å². The van der Waals surface area contributed by atoms with Crippen molar-refractivity contribution in [2.45, 2.75) is 12.5 Å². The Morgan fingerprint density at radius 3 is 2.72 bits per heavy atom. The van der Waals surface area contributed by atoms with Crippen molar-refractivity contribution in [1.82, 2.24) is 5.32 Å². The third kappa shape index (κ3) is 3.68. The normalized spacial score (nSPS) is 11.9. The van der Waals surface area contributed by atoms with Gasteiger partial charge in [0, 0.05) is 13.0 Å². The number of hydrogen-bond donors (Lipinski definition) is 3. The first-order chi connectivity index (χ1) is 8.43. The zero-order valence-electron chi connectivity index (χ0n) is 9.19. The minimum Gasteiger partial charge on any atom is -0.479 e. The number of benzene rings is 1. The molecule has 1 amide bonds. The van der Waals surface area contributed by atoms with E-state index in [1.807, 2.05) is 0 Å². The Labute approximate surface area is 107 Å². The molecule has 98 valence electrons. The molecule has 1 unspecified atom stereocenters. The number of aliphatic carboxylic acids is 1. The van der Waals surface area contributed by atoms with Crippen molar-refractivity contribution in [2.24, 2.45) is 0 Å². The molecule has 0 aliphatic carbocycles. The molecular formula is C11H11ClFNO4. The van der Waals surface area contributed by atoms with Gasteiger partial charge in [-0.05, 0) is 12.1 Å². The zero-order chi connectivity index (χ0) is 13.7. The third-order valence-corrected chi connectivity index (χ3v) is 2.48. The number of amides is 1.